The summed E-state index contributed by atoms with van der Waals surface area (Å²) in [5, 5.41) is 6.69. The molecule has 3 aromatic carbocycles. The predicted molar refractivity (Wildman–Crippen MR) is 134 cm³/mol. The van der Waals surface area contributed by atoms with Gasteiger partial charge in [-0.2, -0.15) is 5.10 Å². The molecule has 0 heterocycles. The Morgan fingerprint density at radius 3 is 2.29 bits per heavy atom. The maximum atomic E-state index is 12.3. The maximum Gasteiger partial charge on any atom is 0.343 e. The Morgan fingerprint density at radius 1 is 0.914 bits per heavy atom. The number of ether oxygens (including phenoxy) is 2. The lowest BCUT2D eigenvalue weighted by Crippen LogP contribution is -2.32. The Morgan fingerprint density at radius 2 is 1.60 bits per heavy atom. The first-order valence-corrected chi connectivity index (χ1v) is 11.3. The molecule has 0 fully saturated rings. The average Bonchev–Trinajstić information content (AvgIpc) is 2.86. The standard InChI is InChI=1S/C25H21Cl2N3O5/c1-2-13-34-19-10-5-17(6-11-19)25(33)35-20-8-3-16(4-9-20)15-28-30-24(32)23(31)29-22-14-18(26)7-12-21(22)27/h3-12,14-15H,2,13H2,1H3,(H,29,31)(H,30,32). The SMILES string of the molecule is CCCOc1ccc(C(=O)Oc2ccc(C=NNC(=O)C(=O)Nc3cc(Cl)ccc3Cl)cc2)cc1. The number of carbonyl (C=O) groups excluding carboxylic acids is 3. The lowest BCUT2D eigenvalue weighted by molar-refractivity contribution is -0.136. The third-order valence-corrected chi connectivity index (χ3v) is 4.98. The second-order valence-corrected chi connectivity index (χ2v) is 7.95. The van der Waals surface area contributed by atoms with Crippen LogP contribution in [0.2, 0.25) is 10.0 Å². The number of hydrogen-bond donors (Lipinski definition) is 2. The van der Waals surface area contributed by atoms with Crippen LogP contribution in [0.15, 0.2) is 71.8 Å². The number of carbonyl (C=O) groups is 3. The van der Waals surface area contributed by atoms with Crippen molar-refractivity contribution in [3.8, 4) is 11.5 Å². The highest BCUT2D eigenvalue weighted by molar-refractivity contribution is 6.42. The fourth-order valence-corrected chi connectivity index (χ4v) is 3.02. The van der Waals surface area contributed by atoms with Crippen LogP contribution in [0.1, 0.15) is 29.3 Å². The summed E-state index contributed by atoms with van der Waals surface area (Å²) in [6.07, 6.45) is 2.23. The molecule has 8 nitrogen and oxygen atoms in total. The fraction of sp³-hybridized carbons (Fsp3) is 0.120. The highest BCUT2D eigenvalue weighted by Gasteiger charge is 2.15. The summed E-state index contributed by atoms with van der Waals surface area (Å²) < 4.78 is 10.9. The Bertz CT molecular complexity index is 1230. The molecular weight excluding hydrogens is 493 g/mol. The number of nitrogens with zero attached hydrogens (tertiary/aromatic N) is 1. The van der Waals surface area contributed by atoms with Crippen LogP contribution in [-0.2, 0) is 9.59 Å². The van der Waals surface area contributed by atoms with Gasteiger partial charge in [-0.15, -0.1) is 0 Å². The molecule has 0 aliphatic carbocycles. The molecule has 180 valence electrons. The van der Waals surface area contributed by atoms with E-state index in [0.717, 1.165) is 6.42 Å². The van der Waals surface area contributed by atoms with Crippen molar-refractivity contribution in [3.63, 3.8) is 0 Å². The van der Waals surface area contributed by atoms with Crippen molar-refractivity contribution in [1.29, 1.82) is 0 Å². The fourth-order valence-electron chi connectivity index (χ4n) is 2.68. The van der Waals surface area contributed by atoms with Crippen LogP contribution in [0.5, 0.6) is 11.5 Å². The second-order valence-electron chi connectivity index (χ2n) is 7.11. The van der Waals surface area contributed by atoms with Gasteiger partial charge in [0.05, 0.1) is 29.1 Å². The summed E-state index contributed by atoms with van der Waals surface area (Å²) in [6.45, 7) is 2.62. The number of rotatable bonds is 8. The van der Waals surface area contributed by atoms with Crippen molar-refractivity contribution in [1.82, 2.24) is 5.43 Å². The Balaban J connectivity index is 1.50. The Kier molecular flexibility index (Phi) is 9.23. The molecular formula is C25H21Cl2N3O5. The van der Waals surface area contributed by atoms with Gasteiger partial charge >= 0.3 is 17.8 Å². The number of hydrogen-bond acceptors (Lipinski definition) is 6. The summed E-state index contributed by atoms with van der Waals surface area (Å²) in [7, 11) is 0. The van der Waals surface area contributed by atoms with Crippen molar-refractivity contribution in [2.45, 2.75) is 13.3 Å². The molecule has 0 bridgehead atoms. The topological polar surface area (TPSA) is 106 Å². The first kappa shape index (κ1) is 25.7. The molecule has 0 saturated carbocycles. The van der Waals surface area contributed by atoms with Gasteiger partial charge in [0.25, 0.3) is 0 Å². The zero-order chi connectivity index (χ0) is 25.2. The van der Waals surface area contributed by atoms with Gasteiger partial charge in [0.2, 0.25) is 0 Å². The van der Waals surface area contributed by atoms with Crippen LogP contribution >= 0.6 is 23.2 Å². The van der Waals surface area contributed by atoms with E-state index in [9.17, 15) is 14.4 Å². The van der Waals surface area contributed by atoms with Crippen molar-refractivity contribution in [3.05, 3.63) is 87.9 Å². The van der Waals surface area contributed by atoms with Gasteiger partial charge in [-0.05, 0) is 78.7 Å². The predicted octanol–water partition coefficient (Wildman–Crippen LogP) is 5.09. The lowest BCUT2D eigenvalue weighted by atomic mass is 10.2. The number of hydrazone groups is 1. The minimum Gasteiger partial charge on any atom is -0.494 e. The minimum absolute atomic E-state index is 0.203. The van der Waals surface area contributed by atoms with E-state index in [4.69, 9.17) is 32.7 Å². The highest BCUT2D eigenvalue weighted by Crippen LogP contribution is 2.25. The van der Waals surface area contributed by atoms with Crippen LogP contribution in [0.3, 0.4) is 0 Å². The zero-order valence-corrected chi connectivity index (χ0v) is 20.1. The second kappa shape index (κ2) is 12.5. The zero-order valence-electron chi connectivity index (χ0n) is 18.6. The molecule has 0 radical (unpaired) electrons. The van der Waals surface area contributed by atoms with Crippen LogP contribution in [0.4, 0.5) is 5.69 Å². The number of anilines is 1. The quantitative estimate of drug-likeness (QED) is 0.143. The van der Waals surface area contributed by atoms with Gasteiger partial charge in [0.15, 0.2) is 0 Å². The molecule has 10 heteroatoms. The molecule has 3 rings (SSSR count). The van der Waals surface area contributed by atoms with E-state index in [1.54, 1.807) is 54.6 Å². The van der Waals surface area contributed by atoms with Crippen molar-refractivity contribution < 1.29 is 23.9 Å². The Labute approximate surface area is 211 Å². The van der Waals surface area contributed by atoms with Gasteiger partial charge in [0, 0.05) is 5.02 Å². The molecule has 2 N–H and O–H groups in total. The van der Waals surface area contributed by atoms with E-state index in [1.807, 2.05) is 6.92 Å². The van der Waals surface area contributed by atoms with Gasteiger partial charge in [0.1, 0.15) is 11.5 Å². The largest absolute Gasteiger partial charge is 0.494 e. The van der Waals surface area contributed by atoms with Crippen LogP contribution in [0.25, 0.3) is 0 Å². The van der Waals surface area contributed by atoms with Gasteiger partial charge in [-0.3, -0.25) is 9.59 Å². The van der Waals surface area contributed by atoms with Gasteiger partial charge < -0.3 is 14.8 Å². The first-order chi connectivity index (χ1) is 16.9. The maximum absolute atomic E-state index is 12.3. The lowest BCUT2D eigenvalue weighted by Gasteiger charge is -2.07. The molecule has 0 aliphatic rings. The number of esters is 1. The molecule has 3 aromatic rings. The van der Waals surface area contributed by atoms with E-state index in [0.29, 0.717) is 34.3 Å². The highest BCUT2D eigenvalue weighted by atomic mass is 35.5. The van der Waals surface area contributed by atoms with Crippen LogP contribution in [-0.4, -0.2) is 30.6 Å². The molecule has 0 aliphatic heterocycles. The van der Waals surface area contributed by atoms with E-state index in [1.165, 1.54) is 18.3 Å². The average molecular weight is 514 g/mol. The molecule has 0 atom stereocenters. The van der Waals surface area contributed by atoms with Gasteiger partial charge in [-0.1, -0.05) is 30.1 Å². The summed E-state index contributed by atoms with van der Waals surface area (Å²) >= 11 is 11.8. The summed E-state index contributed by atoms with van der Waals surface area (Å²) in [4.78, 5) is 36.2. The monoisotopic (exact) mass is 513 g/mol. The number of amides is 2. The molecule has 2 amide bonds. The van der Waals surface area contributed by atoms with Crippen LogP contribution < -0.4 is 20.2 Å². The van der Waals surface area contributed by atoms with E-state index in [2.05, 4.69) is 15.8 Å². The summed E-state index contributed by atoms with van der Waals surface area (Å²) in [5.74, 6) is -1.44. The molecule has 35 heavy (non-hydrogen) atoms. The third-order valence-electron chi connectivity index (χ3n) is 4.42. The summed E-state index contributed by atoms with van der Waals surface area (Å²) in [5.41, 5.74) is 3.31. The smallest absolute Gasteiger partial charge is 0.343 e. The molecule has 0 aromatic heterocycles. The van der Waals surface area contributed by atoms with Crippen LogP contribution in [0, 0.1) is 0 Å². The Hall–Kier alpha value is -3.88. The number of nitrogens with one attached hydrogen (secondary N) is 2. The normalized spacial score (nSPS) is 10.6. The molecule has 0 spiro atoms. The number of benzene rings is 3. The third kappa shape index (κ3) is 7.84. The van der Waals surface area contributed by atoms with E-state index in [-0.39, 0.29) is 10.7 Å². The van der Waals surface area contributed by atoms with E-state index >= 15 is 0 Å². The van der Waals surface area contributed by atoms with Gasteiger partial charge in [-0.25, -0.2) is 10.2 Å². The van der Waals surface area contributed by atoms with Crippen molar-refractivity contribution in [2.24, 2.45) is 5.10 Å². The minimum atomic E-state index is -0.992. The van der Waals surface area contributed by atoms with Crippen molar-refractivity contribution >= 4 is 52.9 Å². The number of halogens is 2. The van der Waals surface area contributed by atoms with Crippen molar-refractivity contribution in [2.75, 3.05) is 11.9 Å². The molecule has 0 saturated heterocycles. The molecule has 0 unspecified atom stereocenters. The van der Waals surface area contributed by atoms with E-state index < -0.39 is 17.8 Å². The summed E-state index contributed by atoms with van der Waals surface area (Å²) in [6, 6.07) is 17.6. The first-order valence-electron chi connectivity index (χ1n) is 10.5.